The Hall–Kier alpha value is -1.33. The van der Waals surface area contributed by atoms with E-state index in [1.165, 1.54) is 18.4 Å². The van der Waals surface area contributed by atoms with Crippen LogP contribution in [0.25, 0.3) is 5.69 Å². The lowest BCUT2D eigenvalue weighted by molar-refractivity contribution is 0.107. The molecule has 0 spiro atoms. The van der Waals surface area contributed by atoms with E-state index in [0.717, 1.165) is 54.1 Å². The molecule has 0 bridgehead atoms. The van der Waals surface area contributed by atoms with E-state index in [0.29, 0.717) is 0 Å². The Bertz CT molecular complexity index is 659. The molecular formula is C17H20BrN3O. The fraction of sp³-hybridized carbons (Fsp3) is 0.471. The first kappa shape index (κ1) is 14.3. The van der Waals surface area contributed by atoms with Gasteiger partial charge in [0.05, 0.1) is 11.4 Å². The van der Waals surface area contributed by atoms with E-state index in [1.54, 1.807) is 0 Å². The summed E-state index contributed by atoms with van der Waals surface area (Å²) in [5.74, 6) is 1.16. The molecule has 0 amide bonds. The molecule has 1 unspecified atom stereocenters. The van der Waals surface area contributed by atoms with Crippen molar-refractivity contribution in [2.75, 3.05) is 18.5 Å². The summed E-state index contributed by atoms with van der Waals surface area (Å²) < 4.78 is 9.05. The zero-order valence-corrected chi connectivity index (χ0v) is 14.1. The van der Waals surface area contributed by atoms with Crippen molar-refractivity contribution in [1.29, 1.82) is 0 Å². The second-order valence-electron chi connectivity index (χ2n) is 5.99. The number of hydrogen-bond acceptors (Lipinski definition) is 3. The molecule has 0 aliphatic carbocycles. The highest BCUT2D eigenvalue weighted by Gasteiger charge is 2.28. The molecule has 1 N–H and O–H groups in total. The van der Waals surface area contributed by atoms with Crippen LogP contribution in [0.15, 0.2) is 28.7 Å². The van der Waals surface area contributed by atoms with Crippen molar-refractivity contribution in [1.82, 2.24) is 9.78 Å². The molecule has 1 saturated heterocycles. The van der Waals surface area contributed by atoms with Crippen molar-refractivity contribution in [2.45, 2.75) is 38.2 Å². The average Bonchev–Trinajstić information content (AvgIpc) is 3.10. The van der Waals surface area contributed by atoms with E-state index < -0.39 is 0 Å². The van der Waals surface area contributed by atoms with Gasteiger partial charge in [0.1, 0.15) is 11.9 Å². The standard InChI is InChI=1S/C17H20BrN3O/c18-12-6-8-13(9-7-12)21-17-14(4-1-2-10-19-17)16(20-21)15-5-3-11-22-15/h6-9,15,19H,1-5,10-11H2. The van der Waals surface area contributed by atoms with Crippen LogP contribution in [-0.2, 0) is 11.2 Å². The number of aromatic nitrogens is 2. The quantitative estimate of drug-likeness (QED) is 0.869. The summed E-state index contributed by atoms with van der Waals surface area (Å²) in [6.07, 6.45) is 5.91. The molecule has 2 aromatic rings. The fourth-order valence-corrected chi connectivity index (χ4v) is 3.61. The Morgan fingerprint density at radius 1 is 1.18 bits per heavy atom. The normalized spacial score (nSPS) is 21.2. The second kappa shape index (κ2) is 6.05. The van der Waals surface area contributed by atoms with E-state index in [-0.39, 0.29) is 6.10 Å². The van der Waals surface area contributed by atoms with Gasteiger partial charge in [0.2, 0.25) is 0 Å². The molecule has 116 valence electrons. The molecule has 0 saturated carbocycles. The van der Waals surface area contributed by atoms with Crippen LogP contribution in [0.2, 0.25) is 0 Å². The lowest BCUT2D eigenvalue weighted by Gasteiger charge is -2.09. The molecule has 3 heterocycles. The summed E-state index contributed by atoms with van der Waals surface area (Å²) in [7, 11) is 0. The predicted molar refractivity (Wildman–Crippen MR) is 90.6 cm³/mol. The highest BCUT2D eigenvalue weighted by molar-refractivity contribution is 9.10. The first-order valence-electron chi connectivity index (χ1n) is 8.06. The van der Waals surface area contributed by atoms with Crippen LogP contribution in [0.4, 0.5) is 5.82 Å². The number of anilines is 1. The first-order valence-corrected chi connectivity index (χ1v) is 8.85. The van der Waals surface area contributed by atoms with Crippen LogP contribution < -0.4 is 5.32 Å². The molecule has 4 rings (SSSR count). The molecule has 2 aliphatic rings. The first-order chi connectivity index (χ1) is 10.8. The van der Waals surface area contributed by atoms with Gasteiger partial charge in [-0.1, -0.05) is 15.9 Å². The van der Waals surface area contributed by atoms with Gasteiger partial charge in [-0.15, -0.1) is 0 Å². The maximum atomic E-state index is 5.90. The third-order valence-corrected chi connectivity index (χ3v) is 5.00. The molecule has 1 fully saturated rings. The van der Waals surface area contributed by atoms with Crippen molar-refractivity contribution >= 4 is 21.7 Å². The third-order valence-electron chi connectivity index (χ3n) is 4.47. The fourth-order valence-electron chi connectivity index (χ4n) is 3.35. The van der Waals surface area contributed by atoms with E-state index in [9.17, 15) is 0 Å². The van der Waals surface area contributed by atoms with Crippen LogP contribution in [0, 0.1) is 0 Å². The molecule has 1 aromatic carbocycles. The van der Waals surface area contributed by atoms with Crippen LogP contribution in [0.1, 0.15) is 43.0 Å². The molecule has 1 atom stereocenters. The number of halogens is 1. The third kappa shape index (κ3) is 2.57. The lowest BCUT2D eigenvalue weighted by Crippen LogP contribution is -2.07. The van der Waals surface area contributed by atoms with Crippen molar-refractivity contribution in [3.63, 3.8) is 0 Å². The summed E-state index contributed by atoms with van der Waals surface area (Å²) >= 11 is 3.50. The predicted octanol–water partition coefficient (Wildman–Crippen LogP) is 4.23. The minimum atomic E-state index is 0.172. The minimum Gasteiger partial charge on any atom is -0.372 e. The van der Waals surface area contributed by atoms with E-state index >= 15 is 0 Å². The SMILES string of the molecule is Brc1ccc(-n2nc(C3CCCO3)c3c2NCCCC3)cc1. The monoisotopic (exact) mass is 361 g/mol. The van der Waals surface area contributed by atoms with Gasteiger partial charge in [0.25, 0.3) is 0 Å². The van der Waals surface area contributed by atoms with E-state index in [2.05, 4.69) is 50.2 Å². The van der Waals surface area contributed by atoms with Crippen molar-refractivity contribution in [3.8, 4) is 5.69 Å². The van der Waals surface area contributed by atoms with Crippen LogP contribution in [0.3, 0.4) is 0 Å². The van der Waals surface area contributed by atoms with Gasteiger partial charge >= 0.3 is 0 Å². The summed E-state index contributed by atoms with van der Waals surface area (Å²) in [4.78, 5) is 0. The molecule has 22 heavy (non-hydrogen) atoms. The van der Waals surface area contributed by atoms with Crippen LogP contribution in [-0.4, -0.2) is 22.9 Å². The van der Waals surface area contributed by atoms with Crippen molar-refractivity contribution in [2.24, 2.45) is 0 Å². The number of ether oxygens (including phenoxy) is 1. The Morgan fingerprint density at radius 2 is 2.05 bits per heavy atom. The largest absolute Gasteiger partial charge is 0.372 e. The average molecular weight is 362 g/mol. The van der Waals surface area contributed by atoms with Crippen molar-refractivity contribution < 1.29 is 4.74 Å². The highest BCUT2D eigenvalue weighted by atomic mass is 79.9. The molecule has 0 radical (unpaired) electrons. The zero-order chi connectivity index (χ0) is 14.9. The van der Waals surface area contributed by atoms with E-state index in [4.69, 9.17) is 9.84 Å². The van der Waals surface area contributed by atoms with Gasteiger partial charge in [-0.3, -0.25) is 0 Å². The van der Waals surface area contributed by atoms with Crippen LogP contribution >= 0.6 is 15.9 Å². The van der Waals surface area contributed by atoms with Gasteiger partial charge in [0.15, 0.2) is 0 Å². The van der Waals surface area contributed by atoms with E-state index in [1.807, 2.05) is 0 Å². The smallest absolute Gasteiger partial charge is 0.133 e. The maximum Gasteiger partial charge on any atom is 0.133 e. The number of nitrogens with zero attached hydrogens (tertiary/aromatic N) is 2. The van der Waals surface area contributed by atoms with Gasteiger partial charge in [-0.2, -0.15) is 5.10 Å². The van der Waals surface area contributed by atoms with Gasteiger partial charge in [0, 0.05) is 23.2 Å². The zero-order valence-electron chi connectivity index (χ0n) is 12.5. The Kier molecular flexibility index (Phi) is 3.92. The summed E-state index contributed by atoms with van der Waals surface area (Å²) in [6.45, 7) is 1.87. The number of fused-ring (bicyclic) bond motifs is 1. The summed E-state index contributed by atoms with van der Waals surface area (Å²) in [6, 6.07) is 8.32. The Labute approximate surface area is 139 Å². The topological polar surface area (TPSA) is 39.1 Å². The summed E-state index contributed by atoms with van der Waals surface area (Å²) in [5.41, 5.74) is 3.59. The number of rotatable bonds is 2. The number of nitrogens with one attached hydrogen (secondary N) is 1. The highest BCUT2D eigenvalue weighted by Crippen LogP contribution is 2.36. The number of hydrogen-bond donors (Lipinski definition) is 1. The van der Waals surface area contributed by atoms with Crippen molar-refractivity contribution in [3.05, 3.63) is 40.0 Å². The minimum absolute atomic E-state index is 0.172. The van der Waals surface area contributed by atoms with Gasteiger partial charge in [-0.25, -0.2) is 4.68 Å². The number of benzene rings is 1. The molecule has 4 nitrogen and oxygen atoms in total. The van der Waals surface area contributed by atoms with Gasteiger partial charge < -0.3 is 10.1 Å². The molecule has 5 heteroatoms. The second-order valence-corrected chi connectivity index (χ2v) is 6.90. The summed E-state index contributed by atoms with van der Waals surface area (Å²) in [5, 5.41) is 8.51. The Balaban J connectivity index is 1.81. The van der Waals surface area contributed by atoms with Crippen LogP contribution in [0.5, 0.6) is 0 Å². The molecule has 2 aliphatic heterocycles. The molecule has 1 aromatic heterocycles. The lowest BCUT2D eigenvalue weighted by atomic mass is 10.0. The Morgan fingerprint density at radius 3 is 2.82 bits per heavy atom. The maximum absolute atomic E-state index is 5.90. The van der Waals surface area contributed by atoms with Gasteiger partial charge in [-0.05, 0) is 56.4 Å². The molecular weight excluding hydrogens is 342 g/mol.